The fourth-order valence-corrected chi connectivity index (χ4v) is 3.28. The van der Waals surface area contributed by atoms with Gasteiger partial charge in [-0.3, -0.25) is 0 Å². The minimum Gasteiger partial charge on any atom is -0.314 e. The molecule has 0 spiro atoms. The standard InChI is InChI=1S/C15H18FN3/c16-15-4-3-12-11(1-2-13(12)14(15)9-17)10-19-7-5-18-6-8-19/h3-4,11,18H,1-2,5-8,10H2. The van der Waals surface area contributed by atoms with E-state index in [0.717, 1.165) is 51.1 Å². The molecule has 1 aromatic rings. The number of fused-ring (bicyclic) bond motifs is 1. The predicted molar refractivity (Wildman–Crippen MR) is 71.5 cm³/mol. The molecule has 3 nitrogen and oxygen atoms in total. The van der Waals surface area contributed by atoms with Crippen LogP contribution in [0.5, 0.6) is 0 Å². The highest BCUT2D eigenvalue weighted by Gasteiger charge is 2.28. The van der Waals surface area contributed by atoms with Crippen LogP contribution in [0, 0.1) is 17.1 Å². The first-order chi connectivity index (χ1) is 9.29. The van der Waals surface area contributed by atoms with Gasteiger partial charge >= 0.3 is 0 Å². The summed E-state index contributed by atoms with van der Waals surface area (Å²) in [5.41, 5.74) is 2.40. The third-order valence-corrected chi connectivity index (χ3v) is 4.28. The molecule has 1 heterocycles. The first kappa shape index (κ1) is 12.6. The van der Waals surface area contributed by atoms with Crippen molar-refractivity contribution in [1.82, 2.24) is 10.2 Å². The second kappa shape index (κ2) is 5.28. The first-order valence-corrected chi connectivity index (χ1v) is 6.94. The van der Waals surface area contributed by atoms with E-state index >= 15 is 0 Å². The quantitative estimate of drug-likeness (QED) is 0.877. The van der Waals surface area contributed by atoms with E-state index in [1.807, 2.05) is 12.1 Å². The molecule has 1 aliphatic heterocycles. The number of benzene rings is 1. The van der Waals surface area contributed by atoms with E-state index in [4.69, 9.17) is 5.26 Å². The maximum atomic E-state index is 13.6. The van der Waals surface area contributed by atoms with E-state index in [9.17, 15) is 4.39 Å². The topological polar surface area (TPSA) is 39.1 Å². The number of nitriles is 1. The van der Waals surface area contributed by atoms with Crippen molar-refractivity contribution in [2.24, 2.45) is 0 Å². The second-order valence-electron chi connectivity index (χ2n) is 5.39. The highest BCUT2D eigenvalue weighted by atomic mass is 19.1. The number of piperazine rings is 1. The average Bonchev–Trinajstić information content (AvgIpc) is 2.83. The molecule has 0 bridgehead atoms. The molecular formula is C15H18FN3. The molecular weight excluding hydrogens is 241 g/mol. The van der Waals surface area contributed by atoms with Crippen LogP contribution in [0.15, 0.2) is 12.1 Å². The summed E-state index contributed by atoms with van der Waals surface area (Å²) in [5, 5.41) is 12.4. The van der Waals surface area contributed by atoms with Crippen molar-refractivity contribution in [1.29, 1.82) is 5.26 Å². The van der Waals surface area contributed by atoms with Crippen molar-refractivity contribution in [2.75, 3.05) is 32.7 Å². The molecule has 1 fully saturated rings. The summed E-state index contributed by atoms with van der Waals surface area (Å²) < 4.78 is 13.6. The van der Waals surface area contributed by atoms with E-state index in [1.165, 1.54) is 11.6 Å². The van der Waals surface area contributed by atoms with Gasteiger partial charge in [0.1, 0.15) is 11.9 Å². The molecule has 2 aliphatic rings. The average molecular weight is 259 g/mol. The van der Waals surface area contributed by atoms with Crippen molar-refractivity contribution in [3.63, 3.8) is 0 Å². The molecule has 3 rings (SSSR count). The smallest absolute Gasteiger partial charge is 0.141 e. The summed E-state index contributed by atoms with van der Waals surface area (Å²) in [6.45, 7) is 5.29. The maximum absolute atomic E-state index is 13.6. The van der Waals surface area contributed by atoms with Crippen LogP contribution >= 0.6 is 0 Å². The van der Waals surface area contributed by atoms with Crippen molar-refractivity contribution < 1.29 is 4.39 Å². The van der Waals surface area contributed by atoms with E-state index in [0.29, 0.717) is 5.92 Å². The number of rotatable bonds is 2. The molecule has 100 valence electrons. The number of nitrogens with one attached hydrogen (secondary N) is 1. The normalized spacial score (nSPS) is 23.1. The highest BCUT2D eigenvalue weighted by Crippen LogP contribution is 2.36. The number of nitrogens with zero attached hydrogens (tertiary/aromatic N) is 2. The summed E-state index contributed by atoms with van der Waals surface area (Å²) in [5.74, 6) is 0.0878. The Bertz CT molecular complexity index is 515. The van der Waals surface area contributed by atoms with Crippen LogP contribution in [-0.4, -0.2) is 37.6 Å². The van der Waals surface area contributed by atoms with Crippen LogP contribution in [0.4, 0.5) is 4.39 Å². The summed E-state index contributed by atoms with van der Waals surface area (Å²) in [7, 11) is 0. The molecule has 1 unspecified atom stereocenters. The predicted octanol–water partition coefficient (Wildman–Crippen LogP) is 1.63. The monoisotopic (exact) mass is 259 g/mol. The molecule has 0 amide bonds. The zero-order valence-corrected chi connectivity index (χ0v) is 11.0. The molecule has 1 aromatic carbocycles. The zero-order valence-electron chi connectivity index (χ0n) is 11.0. The Hall–Kier alpha value is -1.44. The molecule has 0 radical (unpaired) electrons. The van der Waals surface area contributed by atoms with Gasteiger partial charge in [-0.05, 0) is 36.0 Å². The molecule has 0 aromatic heterocycles. The first-order valence-electron chi connectivity index (χ1n) is 6.94. The molecule has 1 atom stereocenters. The lowest BCUT2D eigenvalue weighted by Gasteiger charge is -2.29. The van der Waals surface area contributed by atoms with E-state index in [1.54, 1.807) is 0 Å². The summed E-state index contributed by atoms with van der Waals surface area (Å²) in [6.07, 6.45) is 1.88. The van der Waals surface area contributed by atoms with Gasteiger partial charge < -0.3 is 10.2 Å². The van der Waals surface area contributed by atoms with Crippen LogP contribution in [0.1, 0.15) is 29.0 Å². The summed E-state index contributed by atoms with van der Waals surface area (Å²) in [4.78, 5) is 2.46. The Balaban J connectivity index is 1.80. The fourth-order valence-electron chi connectivity index (χ4n) is 3.28. The van der Waals surface area contributed by atoms with Gasteiger partial charge in [-0.15, -0.1) is 0 Å². The Morgan fingerprint density at radius 3 is 2.89 bits per heavy atom. The van der Waals surface area contributed by atoms with Crippen molar-refractivity contribution in [2.45, 2.75) is 18.8 Å². The van der Waals surface area contributed by atoms with Crippen LogP contribution in [0.2, 0.25) is 0 Å². The third kappa shape index (κ3) is 2.36. The SMILES string of the molecule is N#Cc1c(F)ccc2c1CCC2CN1CCNCC1. The lowest BCUT2D eigenvalue weighted by atomic mass is 9.98. The molecule has 1 aliphatic carbocycles. The number of halogens is 1. The Labute approximate surface area is 113 Å². The van der Waals surface area contributed by atoms with Gasteiger partial charge in [0.05, 0.1) is 5.56 Å². The highest BCUT2D eigenvalue weighted by molar-refractivity contribution is 5.48. The minimum atomic E-state index is -0.371. The zero-order chi connectivity index (χ0) is 13.2. The number of hydrogen-bond donors (Lipinski definition) is 1. The van der Waals surface area contributed by atoms with E-state index < -0.39 is 0 Å². The lowest BCUT2D eigenvalue weighted by Crippen LogP contribution is -2.44. The second-order valence-corrected chi connectivity index (χ2v) is 5.39. The molecule has 19 heavy (non-hydrogen) atoms. The molecule has 1 saturated heterocycles. The van der Waals surface area contributed by atoms with E-state index in [2.05, 4.69) is 10.2 Å². The largest absolute Gasteiger partial charge is 0.314 e. The Morgan fingerprint density at radius 2 is 2.16 bits per heavy atom. The third-order valence-electron chi connectivity index (χ3n) is 4.28. The summed E-state index contributed by atoms with van der Waals surface area (Å²) in [6, 6.07) is 5.35. The van der Waals surface area contributed by atoms with Gasteiger partial charge in [0.15, 0.2) is 0 Å². The fraction of sp³-hybridized carbons (Fsp3) is 0.533. The Morgan fingerprint density at radius 1 is 1.37 bits per heavy atom. The van der Waals surface area contributed by atoms with Gasteiger partial charge in [-0.25, -0.2) is 4.39 Å². The van der Waals surface area contributed by atoms with Gasteiger partial charge in [0, 0.05) is 32.7 Å². The van der Waals surface area contributed by atoms with Crippen molar-refractivity contribution in [3.05, 3.63) is 34.6 Å². The van der Waals surface area contributed by atoms with Crippen molar-refractivity contribution in [3.8, 4) is 6.07 Å². The van der Waals surface area contributed by atoms with Gasteiger partial charge in [-0.1, -0.05) is 6.07 Å². The van der Waals surface area contributed by atoms with Crippen LogP contribution < -0.4 is 5.32 Å². The van der Waals surface area contributed by atoms with Crippen LogP contribution in [0.3, 0.4) is 0 Å². The lowest BCUT2D eigenvalue weighted by molar-refractivity contribution is 0.226. The Kier molecular flexibility index (Phi) is 3.50. The molecule has 4 heteroatoms. The maximum Gasteiger partial charge on any atom is 0.141 e. The van der Waals surface area contributed by atoms with Crippen molar-refractivity contribution >= 4 is 0 Å². The molecule has 1 N–H and O–H groups in total. The number of hydrogen-bond acceptors (Lipinski definition) is 3. The summed E-state index contributed by atoms with van der Waals surface area (Å²) >= 11 is 0. The van der Waals surface area contributed by atoms with Crippen LogP contribution in [0.25, 0.3) is 0 Å². The minimum absolute atomic E-state index is 0.264. The van der Waals surface area contributed by atoms with Gasteiger partial charge in [0.2, 0.25) is 0 Å². The van der Waals surface area contributed by atoms with Gasteiger partial charge in [0.25, 0.3) is 0 Å². The van der Waals surface area contributed by atoms with Gasteiger partial charge in [-0.2, -0.15) is 5.26 Å². The molecule has 0 saturated carbocycles. The van der Waals surface area contributed by atoms with E-state index in [-0.39, 0.29) is 11.4 Å². The van der Waals surface area contributed by atoms with Crippen LogP contribution in [-0.2, 0) is 6.42 Å².